The van der Waals surface area contributed by atoms with Crippen LogP contribution in [-0.4, -0.2) is 21.3 Å². The normalized spacial score (nSPS) is 11.3. The predicted molar refractivity (Wildman–Crippen MR) is 118 cm³/mol. The Labute approximate surface area is 181 Å². The van der Waals surface area contributed by atoms with Crippen molar-refractivity contribution >= 4 is 34.3 Å². The Morgan fingerprint density at radius 2 is 1.80 bits per heavy atom. The van der Waals surface area contributed by atoms with Crippen LogP contribution in [0.25, 0.3) is 22.4 Å². The highest BCUT2D eigenvalue weighted by Crippen LogP contribution is 2.33. The van der Waals surface area contributed by atoms with Crippen LogP contribution in [0.4, 0.5) is 0 Å². The van der Waals surface area contributed by atoms with Crippen molar-refractivity contribution in [1.29, 1.82) is 0 Å². The number of aromatic nitrogens is 2. The minimum Gasteiger partial charge on any atom is -0.439 e. The maximum atomic E-state index is 13.2. The molecule has 0 bridgehead atoms. The fourth-order valence-corrected chi connectivity index (χ4v) is 3.76. The van der Waals surface area contributed by atoms with E-state index in [0.717, 1.165) is 10.1 Å². The van der Waals surface area contributed by atoms with Gasteiger partial charge < -0.3 is 9.52 Å². The first kappa shape index (κ1) is 20.5. The van der Waals surface area contributed by atoms with Crippen LogP contribution >= 0.6 is 23.2 Å². The summed E-state index contributed by atoms with van der Waals surface area (Å²) < 4.78 is 7.04. The van der Waals surface area contributed by atoms with Crippen LogP contribution in [0.3, 0.4) is 0 Å². The van der Waals surface area contributed by atoms with E-state index in [1.54, 1.807) is 30.3 Å². The number of benzene rings is 2. The van der Waals surface area contributed by atoms with Gasteiger partial charge in [0.1, 0.15) is 11.1 Å². The third kappa shape index (κ3) is 3.94. The summed E-state index contributed by atoms with van der Waals surface area (Å²) in [5.41, 5.74) is 1.36. The highest BCUT2D eigenvalue weighted by molar-refractivity contribution is 6.31. The van der Waals surface area contributed by atoms with E-state index >= 15 is 0 Å². The molecule has 0 aliphatic carbocycles. The molecule has 0 amide bonds. The molecule has 0 saturated carbocycles. The van der Waals surface area contributed by atoms with Crippen molar-refractivity contribution in [2.45, 2.75) is 19.4 Å². The summed E-state index contributed by atoms with van der Waals surface area (Å²) in [5, 5.41) is 10.5. The van der Waals surface area contributed by atoms with Crippen molar-refractivity contribution in [3.8, 4) is 11.3 Å². The average molecular weight is 445 g/mol. The van der Waals surface area contributed by atoms with Gasteiger partial charge in [0.2, 0.25) is 5.71 Å². The smallest absolute Gasteiger partial charge is 0.331 e. The number of aliphatic hydroxyl groups excluding tert-OH is 1. The number of fused-ring (bicyclic) bond motifs is 1. The largest absolute Gasteiger partial charge is 0.439 e. The van der Waals surface area contributed by atoms with E-state index in [1.807, 2.05) is 18.2 Å². The molecule has 30 heavy (non-hydrogen) atoms. The standard InChI is InChI=1S/C22H18Cl2N2O4/c23-15-7-5-13(6-8-15)11-17-18-20(25-22(29)26(21(18)28)9-2-10-27)30-19(17)14-3-1-4-16(24)12-14/h1,3-8,12,27H,2,9-11H2,(H,25,29). The molecule has 0 aliphatic rings. The summed E-state index contributed by atoms with van der Waals surface area (Å²) in [4.78, 5) is 28.2. The van der Waals surface area contributed by atoms with Gasteiger partial charge in [-0.05, 0) is 36.2 Å². The van der Waals surface area contributed by atoms with Crippen LogP contribution in [-0.2, 0) is 13.0 Å². The van der Waals surface area contributed by atoms with Gasteiger partial charge in [-0.15, -0.1) is 0 Å². The summed E-state index contributed by atoms with van der Waals surface area (Å²) in [6.45, 7) is -0.0145. The van der Waals surface area contributed by atoms with E-state index in [9.17, 15) is 9.59 Å². The van der Waals surface area contributed by atoms with E-state index in [2.05, 4.69) is 4.98 Å². The molecule has 4 aromatic rings. The molecular formula is C22H18Cl2N2O4. The first-order valence-electron chi connectivity index (χ1n) is 9.37. The Morgan fingerprint density at radius 3 is 2.50 bits per heavy atom. The first-order valence-corrected chi connectivity index (χ1v) is 10.1. The minimum atomic E-state index is -0.578. The quantitative estimate of drug-likeness (QED) is 0.465. The molecule has 154 valence electrons. The van der Waals surface area contributed by atoms with Gasteiger partial charge in [0, 0.05) is 40.7 Å². The van der Waals surface area contributed by atoms with Gasteiger partial charge in [-0.1, -0.05) is 47.5 Å². The van der Waals surface area contributed by atoms with Gasteiger partial charge in [-0.3, -0.25) is 14.3 Å². The van der Waals surface area contributed by atoms with Gasteiger partial charge in [0.15, 0.2) is 0 Å². The molecule has 2 heterocycles. The van der Waals surface area contributed by atoms with E-state index in [1.165, 1.54) is 0 Å². The Kier molecular flexibility index (Phi) is 5.81. The molecule has 0 radical (unpaired) electrons. The number of hydrogen-bond acceptors (Lipinski definition) is 4. The first-order chi connectivity index (χ1) is 14.5. The summed E-state index contributed by atoms with van der Waals surface area (Å²) in [5.74, 6) is 0.468. The van der Waals surface area contributed by atoms with Crippen LogP contribution in [0.5, 0.6) is 0 Å². The molecule has 0 spiro atoms. The maximum Gasteiger partial charge on any atom is 0.331 e. The van der Waals surface area contributed by atoms with Gasteiger partial charge in [-0.2, -0.15) is 0 Å². The van der Waals surface area contributed by atoms with E-state index in [0.29, 0.717) is 45.2 Å². The zero-order valence-electron chi connectivity index (χ0n) is 15.8. The molecule has 0 atom stereocenters. The van der Waals surface area contributed by atoms with Crippen LogP contribution in [0.1, 0.15) is 17.5 Å². The zero-order chi connectivity index (χ0) is 21.3. The molecular weight excluding hydrogens is 427 g/mol. The molecule has 2 N–H and O–H groups in total. The van der Waals surface area contributed by atoms with E-state index in [4.69, 9.17) is 32.7 Å². The number of rotatable bonds is 6. The van der Waals surface area contributed by atoms with Crippen molar-refractivity contribution in [3.63, 3.8) is 0 Å². The van der Waals surface area contributed by atoms with Gasteiger partial charge in [0.05, 0.1) is 0 Å². The summed E-state index contributed by atoms with van der Waals surface area (Å²) in [7, 11) is 0. The van der Waals surface area contributed by atoms with Crippen LogP contribution < -0.4 is 11.2 Å². The second-order valence-corrected chi connectivity index (χ2v) is 7.76. The van der Waals surface area contributed by atoms with Crippen LogP contribution in [0.2, 0.25) is 10.0 Å². The molecule has 0 unspecified atom stereocenters. The fourth-order valence-electron chi connectivity index (χ4n) is 3.44. The number of aliphatic hydroxyl groups is 1. The van der Waals surface area contributed by atoms with Gasteiger partial charge in [-0.25, -0.2) is 4.79 Å². The molecule has 4 rings (SSSR count). The monoisotopic (exact) mass is 444 g/mol. The van der Waals surface area contributed by atoms with Gasteiger partial charge >= 0.3 is 5.69 Å². The van der Waals surface area contributed by atoms with Crippen molar-refractivity contribution in [2.24, 2.45) is 0 Å². The van der Waals surface area contributed by atoms with Crippen molar-refractivity contribution in [1.82, 2.24) is 9.55 Å². The number of furan rings is 1. The number of H-pyrrole nitrogens is 1. The highest BCUT2D eigenvalue weighted by atomic mass is 35.5. The van der Waals surface area contributed by atoms with E-state index in [-0.39, 0.29) is 18.9 Å². The van der Waals surface area contributed by atoms with Crippen molar-refractivity contribution in [3.05, 3.63) is 90.5 Å². The lowest BCUT2D eigenvalue weighted by atomic mass is 9.99. The summed E-state index contributed by atoms with van der Waals surface area (Å²) >= 11 is 12.2. The third-order valence-electron chi connectivity index (χ3n) is 4.85. The van der Waals surface area contributed by atoms with Gasteiger partial charge in [0.25, 0.3) is 5.56 Å². The SMILES string of the molecule is O=c1[nH]c2oc(-c3cccc(Cl)c3)c(Cc3ccc(Cl)cc3)c2c(=O)n1CCCO. The Balaban J connectivity index is 1.97. The fraction of sp³-hybridized carbons (Fsp3) is 0.182. The Morgan fingerprint density at radius 1 is 1.03 bits per heavy atom. The molecule has 0 aliphatic heterocycles. The Bertz CT molecular complexity index is 1320. The predicted octanol–water partition coefficient (Wildman–Crippen LogP) is 4.23. The van der Waals surface area contributed by atoms with E-state index < -0.39 is 11.2 Å². The number of aromatic amines is 1. The number of halogens is 2. The van der Waals surface area contributed by atoms with Crippen LogP contribution in [0.15, 0.2) is 62.5 Å². The lowest BCUT2D eigenvalue weighted by Crippen LogP contribution is -2.35. The number of nitrogens with one attached hydrogen (secondary N) is 1. The highest BCUT2D eigenvalue weighted by Gasteiger charge is 2.22. The lowest BCUT2D eigenvalue weighted by Gasteiger charge is -2.06. The topological polar surface area (TPSA) is 88.2 Å². The maximum absolute atomic E-state index is 13.2. The second kappa shape index (κ2) is 8.52. The number of hydrogen-bond donors (Lipinski definition) is 2. The molecule has 0 saturated heterocycles. The molecule has 2 aromatic heterocycles. The average Bonchev–Trinajstić information content (AvgIpc) is 3.07. The zero-order valence-corrected chi connectivity index (χ0v) is 17.3. The van der Waals surface area contributed by atoms with Crippen molar-refractivity contribution < 1.29 is 9.52 Å². The molecule has 0 fully saturated rings. The lowest BCUT2D eigenvalue weighted by molar-refractivity contribution is 0.278. The minimum absolute atomic E-state index is 0.110. The number of nitrogens with zero attached hydrogens (tertiary/aromatic N) is 1. The summed E-state index contributed by atoms with van der Waals surface area (Å²) in [6, 6.07) is 14.4. The van der Waals surface area contributed by atoms with Crippen LogP contribution in [0, 0.1) is 0 Å². The molecule has 6 nitrogen and oxygen atoms in total. The second-order valence-electron chi connectivity index (χ2n) is 6.89. The summed E-state index contributed by atoms with van der Waals surface area (Å²) in [6.07, 6.45) is 0.688. The third-order valence-corrected chi connectivity index (χ3v) is 5.34. The Hall–Kier alpha value is -2.80. The molecule has 8 heteroatoms. The molecule has 2 aromatic carbocycles. The van der Waals surface area contributed by atoms with Crippen molar-refractivity contribution in [2.75, 3.05) is 6.61 Å².